The van der Waals surface area contributed by atoms with E-state index in [-0.39, 0.29) is 11.8 Å². The minimum atomic E-state index is -0.563. The molecule has 2 rings (SSSR count). The summed E-state index contributed by atoms with van der Waals surface area (Å²) < 4.78 is 13.3. The molecule has 1 heterocycles. The molecule has 1 aliphatic rings. The zero-order valence-electron chi connectivity index (χ0n) is 12.7. The molecule has 0 saturated carbocycles. The first-order chi connectivity index (χ1) is 9.87. The molecule has 0 spiro atoms. The van der Waals surface area contributed by atoms with E-state index in [1.54, 1.807) is 17.9 Å². The molecule has 1 N–H and O–H groups in total. The molecular formula is C16H21FN2O2. The molecule has 2 amide bonds. The van der Waals surface area contributed by atoms with Crippen LogP contribution in [0, 0.1) is 18.2 Å². The van der Waals surface area contributed by atoms with E-state index >= 15 is 0 Å². The zero-order valence-corrected chi connectivity index (χ0v) is 12.7. The maximum atomic E-state index is 13.3. The van der Waals surface area contributed by atoms with E-state index in [1.165, 1.54) is 12.1 Å². The minimum Gasteiger partial charge on any atom is -0.356 e. The minimum absolute atomic E-state index is 0.0312. The van der Waals surface area contributed by atoms with Gasteiger partial charge < -0.3 is 10.2 Å². The average molecular weight is 292 g/mol. The Bertz CT molecular complexity index is 573. The number of amides is 2. The van der Waals surface area contributed by atoms with Crippen LogP contribution in [0.15, 0.2) is 18.2 Å². The van der Waals surface area contributed by atoms with Crippen molar-refractivity contribution in [3.05, 3.63) is 35.1 Å². The van der Waals surface area contributed by atoms with E-state index in [0.717, 1.165) is 5.56 Å². The number of hydrogen-bond acceptors (Lipinski definition) is 2. The maximum Gasteiger partial charge on any atom is 0.254 e. The van der Waals surface area contributed by atoms with Gasteiger partial charge in [0.15, 0.2) is 0 Å². The highest BCUT2D eigenvalue weighted by Crippen LogP contribution is 2.31. The third-order valence-corrected chi connectivity index (χ3v) is 4.08. The summed E-state index contributed by atoms with van der Waals surface area (Å²) in [6, 6.07) is 4.20. The molecule has 0 aliphatic carbocycles. The molecule has 1 aliphatic heterocycles. The standard InChI is InChI=1S/C16H21FN2O2/c1-4-18-15(21)16(3)7-8-19(10-16)14(20)13-9-12(17)6-5-11(13)2/h5-6,9H,4,7-8,10H2,1-3H3,(H,18,21). The monoisotopic (exact) mass is 292 g/mol. The van der Waals surface area contributed by atoms with Gasteiger partial charge in [0.2, 0.25) is 5.91 Å². The number of aryl methyl sites for hydroxylation is 1. The van der Waals surface area contributed by atoms with Gasteiger partial charge in [-0.2, -0.15) is 0 Å². The SMILES string of the molecule is CCNC(=O)C1(C)CCN(C(=O)c2cc(F)ccc2C)C1. The summed E-state index contributed by atoms with van der Waals surface area (Å²) in [5.74, 6) is -0.661. The van der Waals surface area contributed by atoms with Crippen molar-refractivity contribution in [3.63, 3.8) is 0 Å². The summed E-state index contributed by atoms with van der Waals surface area (Å²) in [6.45, 7) is 6.98. The summed E-state index contributed by atoms with van der Waals surface area (Å²) in [5.41, 5.74) is 0.551. The molecule has 0 aromatic heterocycles. The molecule has 114 valence electrons. The fraction of sp³-hybridized carbons (Fsp3) is 0.500. The first-order valence-electron chi connectivity index (χ1n) is 7.21. The number of benzene rings is 1. The second-order valence-electron chi connectivity index (χ2n) is 5.86. The average Bonchev–Trinajstić information content (AvgIpc) is 2.85. The van der Waals surface area contributed by atoms with Gasteiger partial charge in [0, 0.05) is 25.2 Å². The van der Waals surface area contributed by atoms with Gasteiger partial charge in [0.05, 0.1) is 5.41 Å². The van der Waals surface area contributed by atoms with E-state index < -0.39 is 11.2 Å². The van der Waals surface area contributed by atoms with Crippen LogP contribution in [0.1, 0.15) is 36.2 Å². The predicted octanol–water partition coefficient (Wildman–Crippen LogP) is 2.12. The van der Waals surface area contributed by atoms with Crippen LogP contribution in [0.3, 0.4) is 0 Å². The predicted molar refractivity (Wildman–Crippen MR) is 78.4 cm³/mol. The summed E-state index contributed by atoms with van der Waals surface area (Å²) in [5, 5.41) is 2.81. The van der Waals surface area contributed by atoms with Crippen molar-refractivity contribution in [3.8, 4) is 0 Å². The van der Waals surface area contributed by atoms with Crippen molar-refractivity contribution in [1.82, 2.24) is 10.2 Å². The lowest BCUT2D eigenvalue weighted by Crippen LogP contribution is -2.41. The Labute approximate surface area is 124 Å². The molecule has 4 nitrogen and oxygen atoms in total. The van der Waals surface area contributed by atoms with Gasteiger partial charge in [0.1, 0.15) is 5.82 Å². The lowest BCUT2D eigenvalue weighted by Gasteiger charge is -2.23. The summed E-state index contributed by atoms with van der Waals surface area (Å²) in [4.78, 5) is 26.2. The molecule has 1 aromatic carbocycles. The Hall–Kier alpha value is -1.91. The third kappa shape index (κ3) is 3.06. The van der Waals surface area contributed by atoms with Crippen LogP contribution in [0.25, 0.3) is 0 Å². The number of rotatable bonds is 3. The largest absolute Gasteiger partial charge is 0.356 e. The molecular weight excluding hydrogens is 271 g/mol. The van der Waals surface area contributed by atoms with Crippen LogP contribution in [0.2, 0.25) is 0 Å². The van der Waals surface area contributed by atoms with Gasteiger partial charge in [-0.3, -0.25) is 9.59 Å². The number of nitrogens with one attached hydrogen (secondary N) is 1. The molecule has 1 atom stereocenters. The molecule has 1 aromatic rings. The van der Waals surface area contributed by atoms with Crippen molar-refractivity contribution in [2.24, 2.45) is 5.41 Å². The maximum absolute atomic E-state index is 13.3. The summed E-state index contributed by atoms with van der Waals surface area (Å²) in [7, 11) is 0. The van der Waals surface area contributed by atoms with Gasteiger partial charge >= 0.3 is 0 Å². The molecule has 1 saturated heterocycles. The molecule has 5 heteroatoms. The fourth-order valence-electron chi connectivity index (χ4n) is 2.69. The first kappa shape index (κ1) is 15.5. The smallest absolute Gasteiger partial charge is 0.254 e. The highest BCUT2D eigenvalue weighted by atomic mass is 19.1. The van der Waals surface area contributed by atoms with Crippen molar-refractivity contribution in [2.75, 3.05) is 19.6 Å². The van der Waals surface area contributed by atoms with Crippen LogP contribution in [-0.2, 0) is 4.79 Å². The van der Waals surface area contributed by atoms with Crippen LogP contribution in [-0.4, -0.2) is 36.3 Å². The van der Waals surface area contributed by atoms with Crippen molar-refractivity contribution in [2.45, 2.75) is 27.2 Å². The normalized spacial score (nSPS) is 21.4. The molecule has 1 fully saturated rings. The number of carbonyl (C=O) groups excluding carboxylic acids is 2. The Morgan fingerprint density at radius 3 is 2.81 bits per heavy atom. The first-order valence-corrected chi connectivity index (χ1v) is 7.21. The zero-order chi connectivity index (χ0) is 15.6. The van der Waals surface area contributed by atoms with Crippen LogP contribution < -0.4 is 5.32 Å². The van der Waals surface area contributed by atoms with Crippen molar-refractivity contribution in [1.29, 1.82) is 0 Å². The third-order valence-electron chi connectivity index (χ3n) is 4.08. The van der Waals surface area contributed by atoms with E-state index in [1.807, 2.05) is 13.8 Å². The molecule has 21 heavy (non-hydrogen) atoms. The topological polar surface area (TPSA) is 49.4 Å². The van der Waals surface area contributed by atoms with Crippen LogP contribution >= 0.6 is 0 Å². The van der Waals surface area contributed by atoms with Gasteiger partial charge in [-0.1, -0.05) is 6.07 Å². The Balaban J connectivity index is 2.16. The van der Waals surface area contributed by atoms with Crippen LogP contribution in [0.5, 0.6) is 0 Å². The second-order valence-corrected chi connectivity index (χ2v) is 5.86. The summed E-state index contributed by atoms with van der Waals surface area (Å²) >= 11 is 0. The highest BCUT2D eigenvalue weighted by Gasteiger charge is 2.42. The van der Waals surface area contributed by atoms with Crippen molar-refractivity contribution >= 4 is 11.8 Å². The summed E-state index contributed by atoms with van der Waals surface area (Å²) in [6.07, 6.45) is 0.624. The number of nitrogens with zero attached hydrogens (tertiary/aromatic N) is 1. The van der Waals surface area contributed by atoms with E-state index in [0.29, 0.717) is 31.6 Å². The quantitative estimate of drug-likeness (QED) is 0.927. The molecule has 0 radical (unpaired) electrons. The molecule has 0 bridgehead atoms. The Kier molecular flexibility index (Phi) is 4.30. The Morgan fingerprint density at radius 2 is 2.14 bits per heavy atom. The fourth-order valence-corrected chi connectivity index (χ4v) is 2.69. The lowest BCUT2D eigenvalue weighted by molar-refractivity contribution is -0.129. The highest BCUT2D eigenvalue weighted by molar-refractivity contribution is 5.96. The second kappa shape index (κ2) is 5.84. The van der Waals surface area contributed by atoms with Crippen LogP contribution in [0.4, 0.5) is 4.39 Å². The van der Waals surface area contributed by atoms with Gasteiger partial charge in [0.25, 0.3) is 5.91 Å². The van der Waals surface area contributed by atoms with E-state index in [2.05, 4.69) is 5.32 Å². The van der Waals surface area contributed by atoms with E-state index in [9.17, 15) is 14.0 Å². The Morgan fingerprint density at radius 1 is 1.43 bits per heavy atom. The number of likely N-dealkylation sites (tertiary alicyclic amines) is 1. The molecule has 1 unspecified atom stereocenters. The van der Waals surface area contributed by atoms with Gasteiger partial charge in [-0.25, -0.2) is 4.39 Å². The van der Waals surface area contributed by atoms with Crippen molar-refractivity contribution < 1.29 is 14.0 Å². The van der Waals surface area contributed by atoms with Gasteiger partial charge in [-0.15, -0.1) is 0 Å². The van der Waals surface area contributed by atoms with Gasteiger partial charge in [-0.05, 0) is 44.9 Å². The number of hydrogen-bond donors (Lipinski definition) is 1. The lowest BCUT2D eigenvalue weighted by atomic mass is 9.89. The number of halogens is 1. The number of carbonyl (C=O) groups is 2. The van der Waals surface area contributed by atoms with E-state index in [4.69, 9.17) is 0 Å².